The number of carbonyl (C=O) groups is 2. The quantitative estimate of drug-likeness (QED) is 0.841. The van der Waals surface area contributed by atoms with Crippen LogP contribution in [0.15, 0.2) is 22.8 Å². The number of amides is 3. The topological polar surface area (TPSA) is 69.0 Å². The molecule has 7 heteroatoms. The summed E-state index contributed by atoms with van der Waals surface area (Å²) in [7, 11) is 0. The summed E-state index contributed by atoms with van der Waals surface area (Å²) in [6, 6.07) is 4.10. The first-order valence-electron chi connectivity index (χ1n) is 10.8. The number of carbonyl (C=O) groups excluding carboxylic acids is 2. The lowest BCUT2D eigenvalue weighted by atomic mass is 9.97. The molecule has 3 saturated heterocycles. The van der Waals surface area contributed by atoms with Crippen LogP contribution in [-0.4, -0.2) is 72.5 Å². The molecule has 0 radical (unpaired) electrons. The molecule has 1 aromatic heterocycles. The average molecular weight is 389 g/mol. The highest BCUT2D eigenvalue weighted by atomic mass is 16.3. The van der Waals surface area contributed by atoms with E-state index < -0.39 is 0 Å². The van der Waals surface area contributed by atoms with Crippen LogP contribution in [0.1, 0.15) is 50.3 Å². The lowest BCUT2D eigenvalue weighted by Crippen LogP contribution is -2.50. The Hall–Kier alpha value is -2.02. The van der Waals surface area contributed by atoms with Crippen LogP contribution in [0.25, 0.3) is 0 Å². The van der Waals surface area contributed by atoms with Crippen LogP contribution in [-0.2, 0) is 4.79 Å². The predicted molar refractivity (Wildman–Crippen MR) is 106 cm³/mol. The van der Waals surface area contributed by atoms with Crippen molar-refractivity contribution in [2.75, 3.05) is 45.8 Å². The molecule has 7 nitrogen and oxygen atoms in total. The van der Waals surface area contributed by atoms with Gasteiger partial charge in [-0.1, -0.05) is 0 Å². The predicted octanol–water partition coefficient (Wildman–Crippen LogP) is 2.46. The number of hydrogen-bond donors (Lipinski definition) is 1. The molecule has 3 amide bonds. The van der Waals surface area contributed by atoms with Gasteiger partial charge in [0.2, 0.25) is 5.91 Å². The van der Waals surface area contributed by atoms with Crippen molar-refractivity contribution in [2.45, 2.75) is 44.6 Å². The second-order valence-corrected chi connectivity index (χ2v) is 8.28. The second-order valence-electron chi connectivity index (χ2n) is 8.28. The fourth-order valence-electron chi connectivity index (χ4n) is 4.76. The van der Waals surface area contributed by atoms with E-state index in [4.69, 9.17) is 4.42 Å². The molecule has 3 aliphatic rings. The summed E-state index contributed by atoms with van der Waals surface area (Å²) in [5.41, 5.74) is 0. The van der Waals surface area contributed by atoms with Gasteiger partial charge in [0, 0.05) is 32.7 Å². The number of likely N-dealkylation sites (tertiary alicyclic amines) is 3. The normalized spacial score (nSPS) is 24.5. The molecule has 0 aliphatic carbocycles. The molecule has 0 bridgehead atoms. The number of nitrogens with one attached hydrogen (secondary N) is 1. The number of rotatable bonds is 5. The van der Waals surface area contributed by atoms with Gasteiger partial charge in [0.1, 0.15) is 5.76 Å². The monoisotopic (exact) mass is 388 g/mol. The van der Waals surface area contributed by atoms with Gasteiger partial charge in [0.25, 0.3) is 0 Å². The first kappa shape index (κ1) is 19.3. The van der Waals surface area contributed by atoms with E-state index in [9.17, 15) is 9.59 Å². The Bertz CT molecular complexity index is 651. The van der Waals surface area contributed by atoms with Crippen molar-refractivity contribution in [2.24, 2.45) is 5.92 Å². The fraction of sp³-hybridized carbons (Fsp3) is 0.714. The lowest BCUT2D eigenvalue weighted by molar-refractivity contribution is -0.126. The first-order chi connectivity index (χ1) is 13.7. The van der Waals surface area contributed by atoms with Gasteiger partial charge >= 0.3 is 6.03 Å². The summed E-state index contributed by atoms with van der Waals surface area (Å²) in [6.45, 7) is 5.66. The van der Waals surface area contributed by atoms with Crippen LogP contribution < -0.4 is 5.32 Å². The van der Waals surface area contributed by atoms with E-state index >= 15 is 0 Å². The first-order valence-corrected chi connectivity index (χ1v) is 10.8. The van der Waals surface area contributed by atoms with Crippen LogP contribution in [0.4, 0.5) is 4.79 Å². The minimum atomic E-state index is -0.115. The van der Waals surface area contributed by atoms with Crippen LogP contribution in [0.5, 0.6) is 0 Å². The summed E-state index contributed by atoms with van der Waals surface area (Å²) >= 11 is 0. The zero-order valence-electron chi connectivity index (χ0n) is 16.6. The SMILES string of the molecule is O=C(NC[C@H](c1ccco1)N1CCCC1)[C@@H]1CCCN(C(=O)N2CCCC2)C1. The summed E-state index contributed by atoms with van der Waals surface area (Å²) in [6.07, 6.45) is 8.02. The Morgan fingerprint density at radius 2 is 1.75 bits per heavy atom. The van der Waals surface area contributed by atoms with E-state index in [1.807, 2.05) is 21.9 Å². The van der Waals surface area contributed by atoms with Crippen molar-refractivity contribution in [3.05, 3.63) is 24.2 Å². The summed E-state index contributed by atoms with van der Waals surface area (Å²) in [5, 5.41) is 3.15. The van der Waals surface area contributed by atoms with E-state index in [-0.39, 0.29) is 23.9 Å². The maximum atomic E-state index is 12.9. The van der Waals surface area contributed by atoms with Crippen LogP contribution in [0.3, 0.4) is 0 Å². The van der Waals surface area contributed by atoms with Crippen molar-refractivity contribution in [3.8, 4) is 0 Å². The molecule has 4 heterocycles. The summed E-state index contributed by atoms with van der Waals surface area (Å²) in [4.78, 5) is 31.7. The van der Waals surface area contributed by atoms with Crippen molar-refractivity contribution in [1.82, 2.24) is 20.0 Å². The van der Waals surface area contributed by atoms with Crippen LogP contribution in [0.2, 0.25) is 0 Å². The van der Waals surface area contributed by atoms with Crippen molar-refractivity contribution < 1.29 is 14.0 Å². The molecule has 0 aromatic carbocycles. The van der Waals surface area contributed by atoms with Crippen LogP contribution >= 0.6 is 0 Å². The molecule has 0 unspecified atom stereocenters. The highest BCUT2D eigenvalue weighted by Gasteiger charge is 2.32. The second kappa shape index (κ2) is 8.99. The molecule has 1 aromatic rings. The third-order valence-corrected chi connectivity index (χ3v) is 6.36. The third kappa shape index (κ3) is 4.35. The third-order valence-electron chi connectivity index (χ3n) is 6.36. The van der Waals surface area contributed by atoms with Crippen LogP contribution in [0, 0.1) is 5.92 Å². The lowest BCUT2D eigenvalue weighted by Gasteiger charge is -2.35. The maximum absolute atomic E-state index is 12.9. The zero-order chi connectivity index (χ0) is 19.3. The Morgan fingerprint density at radius 1 is 1.04 bits per heavy atom. The maximum Gasteiger partial charge on any atom is 0.320 e. The Morgan fingerprint density at radius 3 is 2.46 bits per heavy atom. The van der Waals surface area contributed by atoms with E-state index in [1.54, 1.807) is 6.26 Å². The van der Waals surface area contributed by atoms with Gasteiger partial charge in [0.15, 0.2) is 0 Å². The van der Waals surface area contributed by atoms with E-state index in [1.165, 1.54) is 12.8 Å². The van der Waals surface area contributed by atoms with E-state index in [2.05, 4.69) is 10.2 Å². The number of piperidine rings is 1. The molecule has 154 valence electrons. The molecular formula is C21H32N4O3. The minimum Gasteiger partial charge on any atom is -0.468 e. The summed E-state index contributed by atoms with van der Waals surface area (Å²) in [5.74, 6) is 0.863. The molecule has 1 N–H and O–H groups in total. The average Bonchev–Trinajstić information content (AvgIpc) is 3.51. The Balaban J connectivity index is 1.32. The van der Waals surface area contributed by atoms with Gasteiger partial charge in [-0.15, -0.1) is 0 Å². The molecule has 3 aliphatic heterocycles. The van der Waals surface area contributed by atoms with Crippen molar-refractivity contribution in [3.63, 3.8) is 0 Å². The van der Waals surface area contributed by atoms with Crippen molar-refractivity contribution >= 4 is 11.9 Å². The molecule has 4 rings (SSSR count). The highest BCUT2D eigenvalue weighted by Crippen LogP contribution is 2.25. The van der Waals surface area contributed by atoms with Gasteiger partial charge in [-0.25, -0.2) is 4.79 Å². The molecular weight excluding hydrogens is 356 g/mol. The van der Waals surface area contributed by atoms with E-state index in [0.717, 1.165) is 64.2 Å². The summed E-state index contributed by atoms with van der Waals surface area (Å²) < 4.78 is 5.64. The number of furan rings is 1. The molecule has 0 spiro atoms. The highest BCUT2D eigenvalue weighted by molar-refractivity contribution is 5.81. The number of urea groups is 1. The van der Waals surface area contributed by atoms with Gasteiger partial charge in [-0.3, -0.25) is 9.69 Å². The van der Waals surface area contributed by atoms with Gasteiger partial charge in [0.05, 0.1) is 18.2 Å². The minimum absolute atomic E-state index is 0.0645. The van der Waals surface area contributed by atoms with Crippen molar-refractivity contribution in [1.29, 1.82) is 0 Å². The largest absolute Gasteiger partial charge is 0.468 e. The zero-order valence-corrected chi connectivity index (χ0v) is 16.6. The molecule has 3 fully saturated rings. The number of nitrogens with zero attached hydrogens (tertiary/aromatic N) is 3. The smallest absolute Gasteiger partial charge is 0.320 e. The Labute approximate surface area is 167 Å². The standard InChI is InChI=1S/C21H32N4O3/c26-20(17-7-5-13-25(16-17)21(27)24-11-3-4-12-24)22-15-18(19-8-6-14-28-19)23-9-1-2-10-23/h6,8,14,17-18H,1-5,7,9-13,15-16H2,(H,22,26)/t17-,18-/m1/s1. The number of hydrogen-bond acceptors (Lipinski definition) is 4. The molecule has 0 saturated carbocycles. The molecule has 28 heavy (non-hydrogen) atoms. The van der Waals surface area contributed by atoms with Gasteiger partial charge in [-0.2, -0.15) is 0 Å². The van der Waals surface area contributed by atoms with E-state index in [0.29, 0.717) is 13.1 Å². The Kier molecular flexibility index (Phi) is 6.20. The van der Waals surface area contributed by atoms with Gasteiger partial charge in [-0.05, 0) is 63.7 Å². The fourth-order valence-corrected chi connectivity index (χ4v) is 4.76. The molecule has 2 atom stereocenters. The van der Waals surface area contributed by atoms with Gasteiger partial charge < -0.3 is 19.5 Å².